The monoisotopic (exact) mass is 400 g/mol. The van der Waals surface area contributed by atoms with Crippen molar-refractivity contribution in [1.29, 1.82) is 0 Å². The van der Waals surface area contributed by atoms with E-state index in [1.165, 1.54) is 6.26 Å². The quantitative estimate of drug-likeness (QED) is 0.819. The Morgan fingerprint density at radius 3 is 2.61 bits per heavy atom. The maximum Gasteiger partial charge on any atom is 0.202 e. The SMILES string of the molecule is COc1c(OCc2ccc(S(C)(=O)=O)cc2)ccc2c1N=C(N)N1CCN=C21. The zero-order chi connectivity index (χ0) is 19.9. The number of rotatable bonds is 5. The van der Waals surface area contributed by atoms with Crippen molar-refractivity contribution in [3.8, 4) is 11.5 Å². The van der Waals surface area contributed by atoms with Crippen LogP contribution in [-0.2, 0) is 16.4 Å². The van der Waals surface area contributed by atoms with E-state index >= 15 is 0 Å². The molecule has 0 saturated heterocycles. The van der Waals surface area contributed by atoms with Crippen LogP contribution in [0.25, 0.3) is 0 Å². The number of aliphatic imine (C=N–C) groups is 2. The average Bonchev–Trinajstić information content (AvgIpc) is 3.16. The molecule has 0 aromatic heterocycles. The van der Waals surface area contributed by atoms with Gasteiger partial charge in [-0.05, 0) is 29.8 Å². The van der Waals surface area contributed by atoms with Gasteiger partial charge >= 0.3 is 0 Å². The second kappa shape index (κ2) is 6.83. The van der Waals surface area contributed by atoms with E-state index in [0.717, 1.165) is 17.0 Å². The van der Waals surface area contributed by atoms with Gasteiger partial charge in [0, 0.05) is 18.4 Å². The van der Waals surface area contributed by atoms with Crippen molar-refractivity contribution in [2.45, 2.75) is 11.5 Å². The Bertz CT molecular complexity index is 1090. The molecule has 146 valence electrons. The molecule has 0 bridgehead atoms. The lowest BCUT2D eigenvalue weighted by Gasteiger charge is -2.26. The first-order valence-corrected chi connectivity index (χ1v) is 10.6. The highest BCUT2D eigenvalue weighted by molar-refractivity contribution is 7.90. The largest absolute Gasteiger partial charge is 0.491 e. The molecule has 8 nitrogen and oxygen atoms in total. The summed E-state index contributed by atoms with van der Waals surface area (Å²) in [5.74, 6) is 2.19. The fourth-order valence-electron chi connectivity index (χ4n) is 3.22. The molecule has 2 aliphatic heterocycles. The Hall–Kier alpha value is -3.07. The van der Waals surface area contributed by atoms with Crippen molar-refractivity contribution in [3.05, 3.63) is 47.5 Å². The number of hydrogen-bond donors (Lipinski definition) is 1. The fourth-order valence-corrected chi connectivity index (χ4v) is 3.86. The number of sulfone groups is 1. The van der Waals surface area contributed by atoms with Gasteiger partial charge < -0.3 is 15.2 Å². The van der Waals surface area contributed by atoms with Crippen molar-refractivity contribution >= 4 is 27.3 Å². The molecular weight excluding hydrogens is 380 g/mol. The summed E-state index contributed by atoms with van der Waals surface area (Å²) >= 11 is 0. The van der Waals surface area contributed by atoms with Gasteiger partial charge in [0.25, 0.3) is 0 Å². The number of benzene rings is 2. The van der Waals surface area contributed by atoms with E-state index in [4.69, 9.17) is 15.2 Å². The van der Waals surface area contributed by atoms with E-state index < -0.39 is 9.84 Å². The molecule has 0 atom stereocenters. The molecule has 0 amide bonds. The highest BCUT2D eigenvalue weighted by Crippen LogP contribution is 2.43. The number of nitrogens with two attached hydrogens (primary N) is 1. The lowest BCUT2D eigenvalue weighted by atomic mass is 10.1. The van der Waals surface area contributed by atoms with Crippen LogP contribution in [0.1, 0.15) is 11.1 Å². The van der Waals surface area contributed by atoms with E-state index in [2.05, 4.69) is 9.98 Å². The van der Waals surface area contributed by atoms with Crippen molar-refractivity contribution in [1.82, 2.24) is 4.90 Å². The molecule has 2 heterocycles. The van der Waals surface area contributed by atoms with Gasteiger partial charge in [-0.2, -0.15) is 0 Å². The summed E-state index contributed by atoms with van der Waals surface area (Å²) in [6.45, 7) is 1.65. The Balaban J connectivity index is 1.61. The molecule has 0 fully saturated rings. The lowest BCUT2D eigenvalue weighted by molar-refractivity contribution is 0.285. The van der Waals surface area contributed by atoms with Crippen molar-refractivity contribution < 1.29 is 17.9 Å². The summed E-state index contributed by atoms with van der Waals surface area (Å²) in [4.78, 5) is 11.1. The molecule has 9 heteroatoms. The standard InChI is InChI=1S/C19H20N4O4S/c1-26-17-15(27-11-12-3-5-13(6-4-12)28(2,24)25)8-7-14-16(17)22-19(20)23-10-9-21-18(14)23/h3-8H,9-11H2,1-2H3,(H2,20,22). The van der Waals surface area contributed by atoms with Crippen LogP contribution in [0.4, 0.5) is 5.69 Å². The third kappa shape index (κ3) is 3.18. The minimum Gasteiger partial charge on any atom is -0.491 e. The summed E-state index contributed by atoms with van der Waals surface area (Å²) in [7, 11) is -1.67. The fraction of sp³-hybridized carbons (Fsp3) is 0.263. The van der Waals surface area contributed by atoms with E-state index in [0.29, 0.717) is 36.2 Å². The van der Waals surface area contributed by atoms with Crippen LogP contribution in [0.2, 0.25) is 0 Å². The second-order valence-electron chi connectivity index (χ2n) is 6.52. The normalized spacial score (nSPS) is 15.4. The molecule has 28 heavy (non-hydrogen) atoms. The van der Waals surface area contributed by atoms with Crippen LogP contribution in [0.5, 0.6) is 11.5 Å². The van der Waals surface area contributed by atoms with Crippen LogP contribution >= 0.6 is 0 Å². The summed E-state index contributed by atoms with van der Waals surface area (Å²) in [5.41, 5.74) is 8.36. The third-order valence-electron chi connectivity index (χ3n) is 4.63. The maximum absolute atomic E-state index is 11.6. The Kier molecular flexibility index (Phi) is 4.46. The molecule has 4 rings (SSSR count). The molecule has 2 aromatic rings. The van der Waals surface area contributed by atoms with Crippen LogP contribution < -0.4 is 15.2 Å². The number of nitrogens with zero attached hydrogens (tertiary/aromatic N) is 3. The molecule has 0 unspecified atom stereocenters. The molecule has 0 saturated carbocycles. The molecule has 0 aliphatic carbocycles. The minimum atomic E-state index is -3.22. The second-order valence-corrected chi connectivity index (χ2v) is 8.54. The van der Waals surface area contributed by atoms with E-state index in [1.54, 1.807) is 31.4 Å². The lowest BCUT2D eigenvalue weighted by Crippen LogP contribution is -2.42. The van der Waals surface area contributed by atoms with Crippen molar-refractivity contribution in [3.63, 3.8) is 0 Å². The zero-order valence-electron chi connectivity index (χ0n) is 15.5. The third-order valence-corrected chi connectivity index (χ3v) is 5.76. The van der Waals surface area contributed by atoms with Crippen LogP contribution in [-0.4, -0.2) is 51.6 Å². The number of guanidine groups is 1. The predicted molar refractivity (Wildman–Crippen MR) is 106 cm³/mol. The van der Waals surface area contributed by atoms with Crippen molar-refractivity contribution in [2.75, 3.05) is 26.5 Å². The summed E-state index contributed by atoms with van der Waals surface area (Å²) in [6.07, 6.45) is 1.18. The van der Waals surface area contributed by atoms with E-state index in [-0.39, 0.29) is 11.5 Å². The number of methoxy groups -OCH3 is 1. The first-order valence-electron chi connectivity index (χ1n) is 8.68. The predicted octanol–water partition coefficient (Wildman–Crippen LogP) is 1.70. The van der Waals surface area contributed by atoms with Gasteiger partial charge in [-0.1, -0.05) is 12.1 Å². The van der Waals surface area contributed by atoms with Gasteiger partial charge in [0.1, 0.15) is 18.1 Å². The van der Waals surface area contributed by atoms with Crippen LogP contribution in [0.3, 0.4) is 0 Å². The number of ether oxygens (including phenoxy) is 2. The van der Waals surface area contributed by atoms with E-state index in [1.807, 2.05) is 17.0 Å². The Morgan fingerprint density at radius 1 is 1.18 bits per heavy atom. The molecule has 2 aliphatic rings. The molecule has 0 radical (unpaired) electrons. The highest BCUT2D eigenvalue weighted by atomic mass is 32.2. The highest BCUT2D eigenvalue weighted by Gasteiger charge is 2.31. The van der Waals surface area contributed by atoms with Gasteiger partial charge in [0.2, 0.25) is 5.96 Å². The topological polar surface area (TPSA) is 107 Å². The minimum absolute atomic E-state index is 0.255. The number of hydrogen-bond acceptors (Lipinski definition) is 8. The van der Waals surface area contributed by atoms with Gasteiger partial charge in [-0.3, -0.25) is 9.89 Å². The van der Waals surface area contributed by atoms with Crippen LogP contribution in [0, 0.1) is 0 Å². The molecular formula is C19H20N4O4S. The first-order chi connectivity index (χ1) is 13.4. The summed E-state index contributed by atoms with van der Waals surface area (Å²) in [6, 6.07) is 10.3. The Labute approximate surface area is 163 Å². The zero-order valence-corrected chi connectivity index (χ0v) is 16.4. The van der Waals surface area contributed by atoms with Crippen LogP contribution in [0.15, 0.2) is 51.3 Å². The first kappa shape index (κ1) is 18.3. The molecule has 2 aromatic carbocycles. The van der Waals surface area contributed by atoms with Crippen molar-refractivity contribution in [2.24, 2.45) is 15.7 Å². The van der Waals surface area contributed by atoms with Gasteiger partial charge in [0.15, 0.2) is 21.3 Å². The summed E-state index contributed by atoms with van der Waals surface area (Å²) in [5, 5.41) is 0. The van der Waals surface area contributed by atoms with E-state index in [9.17, 15) is 8.42 Å². The van der Waals surface area contributed by atoms with Gasteiger partial charge in [-0.15, -0.1) is 0 Å². The average molecular weight is 400 g/mol. The Morgan fingerprint density at radius 2 is 1.93 bits per heavy atom. The molecule has 2 N–H and O–H groups in total. The maximum atomic E-state index is 11.6. The number of fused-ring (bicyclic) bond motifs is 3. The van der Waals surface area contributed by atoms with Gasteiger partial charge in [0.05, 0.1) is 18.6 Å². The summed E-state index contributed by atoms with van der Waals surface area (Å²) < 4.78 is 34.6. The number of amidine groups is 1. The van der Waals surface area contributed by atoms with Gasteiger partial charge in [-0.25, -0.2) is 13.4 Å². The molecule has 0 spiro atoms. The smallest absolute Gasteiger partial charge is 0.202 e.